The quantitative estimate of drug-likeness (QED) is 0.300. The summed E-state index contributed by atoms with van der Waals surface area (Å²) < 4.78 is 0. The highest BCUT2D eigenvalue weighted by Crippen LogP contribution is 2.23. The van der Waals surface area contributed by atoms with Crippen LogP contribution in [-0.4, -0.2) is 4.98 Å². The van der Waals surface area contributed by atoms with Crippen LogP contribution >= 0.6 is 0 Å². The lowest BCUT2D eigenvalue weighted by Crippen LogP contribution is -1.91. The van der Waals surface area contributed by atoms with Gasteiger partial charge >= 0.3 is 0 Å². The van der Waals surface area contributed by atoms with Crippen molar-refractivity contribution in [2.45, 2.75) is 38.5 Å². The summed E-state index contributed by atoms with van der Waals surface area (Å²) in [6, 6.07) is 30.2. The minimum absolute atomic E-state index is 1.05. The monoisotopic (exact) mass is 365 g/mol. The fraction of sp³-hybridized carbons (Fsp3) is 0.222. The molecule has 0 aliphatic rings. The van der Waals surface area contributed by atoms with E-state index in [-0.39, 0.29) is 0 Å². The van der Waals surface area contributed by atoms with Gasteiger partial charge in [0.2, 0.25) is 0 Å². The summed E-state index contributed by atoms with van der Waals surface area (Å²) in [6.07, 6.45) is 9.49. The third-order valence-corrected chi connectivity index (χ3v) is 5.39. The molecular formula is C27H27N. The highest BCUT2D eigenvalue weighted by Gasteiger charge is 2.02. The van der Waals surface area contributed by atoms with Crippen molar-refractivity contribution in [1.82, 2.24) is 4.98 Å². The Kier molecular flexibility index (Phi) is 6.14. The van der Waals surface area contributed by atoms with Gasteiger partial charge in [0.05, 0.1) is 5.69 Å². The van der Waals surface area contributed by atoms with E-state index < -0.39 is 0 Å². The molecule has 0 radical (unpaired) electrons. The van der Waals surface area contributed by atoms with Crippen LogP contribution in [0.15, 0.2) is 91.1 Å². The van der Waals surface area contributed by atoms with Gasteiger partial charge in [-0.1, -0.05) is 85.6 Å². The molecular weight excluding hydrogens is 338 g/mol. The van der Waals surface area contributed by atoms with E-state index in [2.05, 4.69) is 91.1 Å². The minimum atomic E-state index is 1.05. The molecule has 4 rings (SSSR count). The Morgan fingerprint density at radius 3 is 2.00 bits per heavy atom. The zero-order valence-corrected chi connectivity index (χ0v) is 16.4. The standard InChI is InChI=1S/C27H27N/c1(4-10-22-11-6-3-7-12-22)2-5-13-23-16-19-27(28-21-23)26-18-17-24-14-8-9-15-25(24)20-26/h3,6-9,11-12,14-21H,1-2,4-5,10,13H2. The van der Waals surface area contributed by atoms with Crippen molar-refractivity contribution in [2.75, 3.05) is 0 Å². The first-order valence-corrected chi connectivity index (χ1v) is 10.4. The molecule has 0 bridgehead atoms. The Morgan fingerprint density at radius 2 is 1.25 bits per heavy atom. The molecule has 1 heteroatoms. The van der Waals surface area contributed by atoms with E-state index in [1.807, 2.05) is 0 Å². The maximum atomic E-state index is 4.71. The summed E-state index contributed by atoms with van der Waals surface area (Å²) in [5.41, 5.74) is 5.03. The van der Waals surface area contributed by atoms with Gasteiger partial charge in [-0.3, -0.25) is 4.98 Å². The highest BCUT2D eigenvalue weighted by molar-refractivity contribution is 5.86. The van der Waals surface area contributed by atoms with Gasteiger partial charge in [-0.2, -0.15) is 0 Å². The third-order valence-electron chi connectivity index (χ3n) is 5.39. The first-order chi connectivity index (χ1) is 13.9. The molecule has 0 aliphatic carbocycles. The Labute approximate surface area is 168 Å². The van der Waals surface area contributed by atoms with E-state index in [9.17, 15) is 0 Å². The number of pyridine rings is 1. The maximum absolute atomic E-state index is 4.71. The lowest BCUT2D eigenvalue weighted by atomic mass is 10.0. The molecule has 1 heterocycles. The molecule has 1 aromatic heterocycles. The molecule has 0 saturated carbocycles. The van der Waals surface area contributed by atoms with Gasteiger partial charge in [0, 0.05) is 11.8 Å². The fourth-order valence-electron chi connectivity index (χ4n) is 3.75. The molecule has 0 spiro atoms. The van der Waals surface area contributed by atoms with Crippen molar-refractivity contribution in [1.29, 1.82) is 0 Å². The molecule has 0 aliphatic heterocycles. The second kappa shape index (κ2) is 9.32. The van der Waals surface area contributed by atoms with Crippen molar-refractivity contribution < 1.29 is 0 Å². The predicted octanol–water partition coefficient (Wildman–Crippen LogP) is 7.25. The zero-order chi connectivity index (χ0) is 19.0. The topological polar surface area (TPSA) is 12.9 Å². The van der Waals surface area contributed by atoms with Crippen molar-refractivity contribution in [2.24, 2.45) is 0 Å². The Hall–Kier alpha value is -2.93. The van der Waals surface area contributed by atoms with Gasteiger partial charge in [-0.05, 0) is 59.7 Å². The number of nitrogens with zero attached hydrogens (tertiary/aromatic N) is 1. The van der Waals surface area contributed by atoms with Crippen LogP contribution in [0.5, 0.6) is 0 Å². The molecule has 28 heavy (non-hydrogen) atoms. The SMILES string of the molecule is c1ccc(CCCCCCc2ccc(-c3ccc4ccccc4c3)nc2)cc1. The summed E-state index contributed by atoms with van der Waals surface area (Å²) in [5, 5.41) is 2.54. The minimum Gasteiger partial charge on any atom is -0.256 e. The molecule has 0 unspecified atom stereocenters. The predicted molar refractivity (Wildman–Crippen MR) is 119 cm³/mol. The van der Waals surface area contributed by atoms with E-state index in [0.717, 1.165) is 12.1 Å². The van der Waals surface area contributed by atoms with Gasteiger partial charge < -0.3 is 0 Å². The van der Waals surface area contributed by atoms with Crippen LogP contribution in [0.3, 0.4) is 0 Å². The fourth-order valence-corrected chi connectivity index (χ4v) is 3.75. The van der Waals surface area contributed by atoms with E-state index in [1.54, 1.807) is 0 Å². The molecule has 0 fully saturated rings. The van der Waals surface area contributed by atoms with Crippen LogP contribution in [0.25, 0.3) is 22.0 Å². The van der Waals surface area contributed by atoms with Crippen LogP contribution in [0.1, 0.15) is 36.8 Å². The van der Waals surface area contributed by atoms with Crippen molar-refractivity contribution in [3.63, 3.8) is 0 Å². The van der Waals surface area contributed by atoms with Crippen molar-refractivity contribution in [3.05, 3.63) is 102 Å². The number of fused-ring (bicyclic) bond motifs is 1. The van der Waals surface area contributed by atoms with E-state index in [0.29, 0.717) is 0 Å². The summed E-state index contributed by atoms with van der Waals surface area (Å²) in [5.74, 6) is 0. The number of hydrogen-bond acceptors (Lipinski definition) is 1. The lowest BCUT2D eigenvalue weighted by molar-refractivity contribution is 0.640. The van der Waals surface area contributed by atoms with Crippen molar-refractivity contribution >= 4 is 10.8 Å². The van der Waals surface area contributed by atoms with Crippen molar-refractivity contribution in [3.8, 4) is 11.3 Å². The summed E-state index contributed by atoms with van der Waals surface area (Å²) >= 11 is 0. The van der Waals surface area contributed by atoms with E-state index >= 15 is 0 Å². The Balaban J connectivity index is 1.25. The second-order valence-electron chi connectivity index (χ2n) is 7.51. The Morgan fingerprint density at radius 1 is 0.536 bits per heavy atom. The number of aryl methyl sites for hydroxylation is 2. The van der Waals surface area contributed by atoms with Gasteiger partial charge in [0.15, 0.2) is 0 Å². The summed E-state index contributed by atoms with van der Waals surface area (Å²) in [6.45, 7) is 0. The third kappa shape index (κ3) is 4.86. The number of hydrogen-bond donors (Lipinski definition) is 0. The first kappa shape index (κ1) is 18.4. The van der Waals surface area contributed by atoms with Gasteiger partial charge in [0.25, 0.3) is 0 Å². The molecule has 0 N–H and O–H groups in total. The molecule has 0 saturated heterocycles. The first-order valence-electron chi connectivity index (χ1n) is 10.4. The normalized spacial score (nSPS) is 11.0. The van der Waals surface area contributed by atoms with E-state index in [1.165, 1.54) is 59.6 Å². The van der Waals surface area contributed by atoms with Crippen LogP contribution in [0, 0.1) is 0 Å². The molecule has 0 amide bonds. The molecule has 140 valence electrons. The molecule has 0 atom stereocenters. The zero-order valence-electron chi connectivity index (χ0n) is 16.4. The highest BCUT2D eigenvalue weighted by atomic mass is 14.7. The average Bonchev–Trinajstić information content (AvgIpc) is 2.77. The maximum Gasteiger partial charge on any atom is 0.0702 e. The number of aromatic nitrogens is 1. The summed E-state index contributed by atoms with van der Waals surface area (Å²) in [7, 11) is 0. The van der Waals surface area contributed by atoms with Gasteiger partial charge in [-0.15, -0.1) is 0 Å². The van der Waals surface area contributed by atoms with Gasteiger partial charge in [0.1, 0.15) is 0 Å². The molecule has 1 nitrogen and oxygen atoms in total. The number of rotatable bonds is 8. The Bertz CT molecular complexity index is 1000. The van der Waals surface area contributed by atoms with Crippen LogP contribution in [0.2, 0.25) is 0 Å². The number of unbranched alkanes of at least 4 members (excludes halogenated alkanes) is 3. The van der Waals surface area contributed by atoms with Crippen LogP contribution < -0.4 is 0 Å². The second-order valence-corrected chi connectivity index (χ2v) is 7.51. The van der Waals surface area contributed by atoms with Gasteiger partial charge in [-0.25, -0.2) is 0 Å². The van der Waals surface area contributed by atoms with E-state index in [4.69, 9.17) is 4.98 Å². The van der Waals surface area contributed by atoms with Crippen LogP contribution in [-0.2, 0) is 12.8 Å². The molecule has 4 aromatic rings. The largest absolute Gasteiger partial charge is 0.256 e. The average molecular weight is 366 g/mol. The van der Waals surface area contributed by atoms with Crippen LogP contribution in [0.4, 0.5) is 0 Å². The smallest absolute Gasteiger partial charge is 0.0702 e. The number of benzene rings is 3. The lowest BCUT2D eigenvalue weighted by Gasteiger charge is -2.06. The molecule has 3 aromatic carbocycles. The summed E-state index contributed by atoms with van der Waals surface area (Å²) in [4.78, 5) is 4.71.